The highest BCUT2D eigenvalue weighted by Crippen LogP contribution is 2.29. The van der Waals surface area contributed by atoms with Crippen LogP contribution in [0, 0.1) is 20.8 Å². The Hall–Kier alpha value is -2.13. The van der Waals surface area contributed by atoms with Crippen molar-refractivity contribution in [2.45, 2.75) is 38.4 Å². The summed E-state index contributed by atoms with van der Waals surface area (Å²) in [6, 6.07) is 5.99. The van der Waals surface area contributed by atoms with Gasteiger partial charge in [0.2, 0.25) is 5.91 Å². The Bertz CT molecular complexity index is 1200. The lowest BCUT2D eigenvalue weighted by Crippen LogP contribution is -2.36. The van der Waals surface area contributed by atoms with Crippen LogP contribution in [0.3, 0.4) is 0 Å². The molecule has 1 unspecified atom stereocenters. The predicted molar refractivity (Wildman–Crippen MR) is 111 cm³/mol. The second kappa shape index (κ2) is 7.04. The molecule has 1 aromatic carbocycles. The molecule has 2 aromatic heterocycles. The Labute approximate surface area is 167 Å². The van der Waals surface area contributed by atoms with E-state index in [2.05, 4.69) is 48.4 Å². The van der Waals surface area contributed by atoms with Crippen molar-refractivity contribution in [1.82, 2.24) is 19.9 Å². The lowest BCUT2D eigenvalue weighted by atomic mass is 10.0. The summed E-state index contributed by atoms with van der Waals surface area (Å²) in [5.74, 6) is 0.147. The van der Waals surface area contributed by atoms with Gasteiger partial charge in [-0.05, 0) is 50.5 Å². The van der Waals surface area contributed by atoms with Gasteiger partial charge in [-0.1, -0.05) is 23.4 Å². The topological polar surface area (TPSA) is 93.4 Å². The Kier molecular flexibility index (Phi) is 4.83. The van der Waals surface area contributed by atoms with E-state index in [0.717, 1.165) is 27.7 Å². The third-order valence-electron chi connectivity index (χ3n) is 5.03. The van der Waals surface area contributed by atoms with Gasteiger partial charge in [0.1, 0.15) is 0 Å². The molecule has 3 aromatic rings. The number of carbonyl (C=O) groups excluding carboxylic acids is 1. The standard InChI is InChI=1S/C19H22N4O3S2/c1-11-6-13(3)18-15(7-11)12(2)8-16-21-22-19(23(16)18)27-9-17(24)20-14-4-5-28(25,26)10-14/h6-8,14H,4-5,9-10H2,1-3H3,(H,20,24). The molecule has 28 heavy (non-hydrogen) atoms. The van der Waals surface area contributed by atoms with Gasteiger partial charge in [-0.25, -0.2) is 8.42 Å². The first-order valence-electron chi connectivity index (χ1n) is 9.12. The summed E-state index contributed by atoms with van der Waals surface area (Å²) in [5, 5.41) is 13.2. The van der Waals surface area contributed by atoms with Gasteiger partial charge < -0.3 is 5.32 Å². The van der Waals surface area contributed by atoms with Crippen LogP contribution in [0.15, 0.2) is 23.4 Å². The number of benzene rings is 1. The molecule has 1 amide bonds. The summed E-state index contributed by atoms with van der Waals surface area (Å²) < 4.78 is 25.1. The van der Waals surface area contributed by atoms with E-state index >= 15 is 0 Å². The summed E-state index contributed by atoms with van der Waals surface area (Å²) in [6.45, 7) is 6.20. The van der Waals surface area contributed by atoms with Gasteiger partial charge in [0.25, 0.3) is 0 Å². The van der Waals surface area contributed by atoms with Crippen LogP contribution in [0.5, 0.6) is 0 Å². The number of hydrogen-bond acceptors (Lipinski definition) is 6. The van der Waals surface area contributed by atoms with E-state index in [-0.39, 0.29) is 29.2 Å². The number of fused-ring (bicyclic) bond motifs is 3. The van der Waals surface area contributed by atoms with Gasteiger partial charge in [0, 0.05) is 11.4 Å². The number of aromatic nitrogens is 3. The Balaban J connectivity index is 1.60. The SMILES string of the molecule is Cc1cc(C)c2c(c1)c(C)cc1nnc(SCC(=O)NC3CCS(=O)(=O)C3)n12. The van der Waals surface area contributed by atoms with Crippen LogP contribution in [-0.2, 0) is 14.6 Å². The van der Waals surface area contributed by atoms with Crippen LogP contribution in [0.25, 0.3) is 16.6 Å². The van der Waals surface area contributed by atoms with Crippen molar-refractivity contribution in [1.29, 1.82) is 0 Å². The van der Waals surface area contributed by atoms with E-state index in [9.17, 15) is 13.2 Å². The maximum absolute atomic E-state index is 12.3. The van der Waals surface area contributed by atoms with Crippen molar-refractivity contribution < 1.29 is 13.2 Å². The molecule has 0 radical (unpaired) electrons. The van der Waals surface area contributed by atoms with Crippen molar-refractivity contribution in [3.63, 3.8) is 0 Å². The Morgan fingerprint density at radius 2 is 2.00 bits per heavy atom. The molecule has 1 atom stereocenters. The van der Waals surface area contributed by atoms with Crippen molar-refractivity contribution in [3.8, 4) is 0 Å². The molecule has 0 saturated carbocycles. The van der Waals surface area contributed by atoms with Crippen LogP contribution < -0.4 is 5.32 Å². The first kappa shape index (κ1) is 19.2. The smallest absolute Gasteiger partial charge is 0.230 e. The zero-order valence-corrected chi connectivity index (χ0v) is 17.7. The number of nitrogens with zero attached hydrogens (tertiary/aromatic N) is 3. The monoisotopic (exact) mass is 418 g/mol. The van der Waals surface area contributed by atoms with Gasteiger partial charge >= 0.3 is 0 Å². The minimum absolute atomic E-state index is 0.0275. The highest BCUT2D eigenvalue weighted by Gasteiger charge is 2.29. The molecule has 1 fully saturated rings. The Morgan fingerprint density at radius 3 is 2.71 bits per heavy atom. The molecule has 1 N–H and O–H groups in total. The fourth-order valence-electron chi connectivity index (χ4n) is 3.82. The van der Waals surface area contributed by atoms with Gasteiger partial charge in [-0.2, -0.15) is 0 Å². The first-order valence-corrected chi connectivity index (χ1v) is 11.9. The summed E-state index contributed by atoms with van der Waals surface area (Å²) in [4.78, 5) is 12.3. The van der Waals surface area contributed by atoms with E-state index in [0.29, 0.717) is 11.6 Å². The number of rotatable bonds is 4. The molecule has 0 spiro atoms. The molecule has 148 valence electrons. The zero-order valence-electron chi connectivity index (χ0n) is 16.0. The maximum Gasteiger partial charge on any atom is 0.230 e. The highest BCUT2D eigenvalue weighted by molar-refractivity contribution is 7.99. The first-order chi connectivity index (χ1) is 13.2. The van der Waals surface area contributed by atoms with Crippen LogP contribution in [0.2, 0.25) is 0 Å². The van der Waals surface area contributed by atoms with Crippen LogP contribution in [0.1, 0.15) is 23.1 Å². The molecule has 0 bridgehead atoms. The minimum Gasteiger partial charge on any atom is -0.352 e. The molecule has 3 heterocycles. The second-order valence-corrected chi connectivity index (χ2v) is 10.6. The average molecular weight is 419 g/mol. The fourth-order valence-corrected chi connectivity index (χ4v) is 6.24. The number of aryl methyl sites for hydroxylation is 3. The molecule has 0 aliphatic carbocycles. The zero-order chi connectivity index (χ0) is 20.1. The summed E-state index contributed by atoms with van der Waals surface area (Å²) in [5.41, 5.74) is 5.27. The molecule has 4 rings (SSSR count). The summed E-state index contributed by atoms with van der Waals surface area (Å²) in [6.07, 6.45) is 0.481. The molecule has 7 nitrogen and oxygen atoms in total. The van der Waals surface area contributed by atoms with Crippen molar-refractivity contribution >= 4 is 44.1 Å². The molecule has 1 aliphatic rings. The van der Waals surface area contributed by atoms with Crippen molar-refractivity contribution in [2.75, 3.05) is 17.3 Å². The summed E-state index contributed by atoms with van der Waals surface area (Å²) >= 11 is 1.31. The predicted octanol–water partition coefficient (Wildman–Crippen LogP) is 2.20. The van der Waals surface area contributed by atoms with Crippen LogP contribution in [-0.4, -0.2) is 52.2 Å². The highest BCUT2D eigenvalue weighted by atomic mass is 32.2. The number of sulfone groups is 1. The molecule has 9 heteroatoms. The second-order valence-electron chi connectivity index (χ2n) is 7.44. The third-order valence-corrected chi connectivity index (χ3v) is 7.72. The third kappa shape index (κ3) is 3.60. The number of thioether (sulfide) groups is 1. The summed E-state index contributed by atoms with van der Waals surface area (Å²) in [7, 11) is -3.01. The van der Waals surface area contributed by atoms with E-state index in [1.807, 2.05) is 10.5 Å². The lowest BCUT2D eigenvalue weighted by Gasteiger charge is -2.12. The van der Waals surface area contributed by atoms with Crippen LogP contribution >= 0.6 is 11.8 Å². The lowest BCUT2D eigenvalue weighted by molar-refractivity contribution is -0.119. The molecule has 1 aliphatic heterocycles. The fraction of sp³-hybridized carbons (Fsp3) is 0.421. The Morgan fingerprint density at radius 1 is 1.21 bits per heavy atom. The van der Waals surface area contributed by atoms with E-state index in [1.165, 1.54) is 17.3 Å². The number of carbonyl (C=O) groups is 1. The normalized spacial score (nSPS) is 18.8. The van der Waals surface area contributed by atoms with Crippen LogP contribution in [0.4, 0.5) is 0 Å². The van der Waals surface area contributed by atoms with Crippen molar-refractivity contribution in [3.05, 3.63) is 34.9 Å². The minimum atomic E-state index is -3.01. The van der Waals surface area contributed by atoms with E-state index in [1.54, 1.807) is 0 Å². The van der Waals surface area contributed by atoms with Crippen molar-refractivity contribution in [2.24, 2.45) is 0 Å². The van der Waals surface area contributed by atoms with E-state index < -0.39 is 9.84 Å². The maximum atomic E-state index is 12.3. The van der Waals surface area contributed by atoms with Gasteiger partial charge in [0.15, 0.2) is 20.6 Å². The van der Waals surface area contributed by atoms with Gasteiger partial charge in [-0.15, -0.1) is 10.2 Å². The molecular weight excluding hydrogens is 396 g/mol. The number of hydrogen-bond donors (Lipinski definition) is 1. The molecular formula is C19H22N4O3S2. The van der Waals surface area contributed by atoms with Gasteiger partial charge in [0.05, 0.1) is 22.8 Å². The number of pyridine rings is 1. The molecule has 1 saturated heterocycles. The quantitative estimate of drug-likeness (QED) is 0.653. The average Bonchev–Trinajstić information content (AvgIpc) is 3.15. The van der Waals surface area contributed by atoms with Gasteiger partial charge in [-0.3, -0.25) is 9.20 Å². The largest absolute Gasteiger partial charge is 0.352 e. The number of amides is 1. The number of nitrogens with one attached hydrogen (secondary N) is 1. The van der Waals surface area contributed by atoms with E-state index in [4.69, 9.17) is 0 Å².